The van der Waals surface area contributed by atoms with Gasteiger partial charge in [0.2, 0.25) is 0 Å². The van der Waals surface area contributed by atoms with Crippen LogP contribution in [0.15, 0.2) is 24.3 Å². The highest BCUT2D eigenvalue weighted by Gasteiger charge is 2.22. The first-order valence-electron chi connectivity index (χ1n) is 9.75. The molecule has 0 saturated carbocycles. The topological polar surface area (TPSA) is 82.1 Å². The lowest BCUT2D eigenvalue weighted by molar-refractivity contribution is -0.208. The van der Waals surface area contributed by atoms with E-state index in [9.17, 15) is 8.42 Å². The summed E-state index contributed by atoms with van der Waals surface area (Å²) in [6, 6.07) is 7.90. The molecule has 0 radical (unpaired) electrons. The number of hydrogen-bond donors (Lipinski definition) is 1. The van der Waals surface area contributed by atoms with Gasteiger partial charge in [0, 0.05) is 0 Å². The molecule has 1 N–H and O–H groups in total. The normalized spacial score (nSPS) is 15.3. The van der Waals surface area contributed by atoms with Crippen molar-refractivity contribution in [2.45, 2.75) is 90.7 Å². The van der Waals surface area contributed by atoms with Crippen molar-refractivity contribution in [1.82, 2.24) is 0 Å². The first kappa shape index (κ1) is 23.9. The van der Waals surface area contributed by atoms with Crippen LogP contribution >= 0.6 is 0 Å². The van der Waals surface area contributed by atoms with Crippen LogP contribution in [-0.4, -0.2) is 31.0 Å². The highest BCUT2D eigenvalue weighted by Crippen LogP contribution is 2.17. The van der Waals surface area contributed by atoms with Gasteiger partial charge in [0.1, 0.15) is 5.75 Å². The van der Waals surface area contributed by atoms with Gasteiger partial charge in [-0.05, 0) is 51.3 Å². The van der Waals surface area contributed by atoms with Crippen LogP contribution in [-0.2, 0) is 26.0 Å². The van der Waals surface area contributed by atoms with Crippen LogP contribution in [0.2, 0.25) is 0 Å². The lowest BCUT2D eigenvalue weighted by Gasteiger charge is -2.22. The largest absolute Gasteiger partial charge is 0.465 e. The van der Waals surface area contributed by atoms with E-state index in [4.69, 9.17) is 18.8 Å². The molecule has 0 aliphatic rings. The Morgan fingerprint density at radius 3 is 2.07 bits per heavy atom. The summed E-state index contributed by atoms with van der Waals surface area (Å²) in [5, 5.41) is 0. The zero-order valence-corrected chi connectivity index (χ0v) is 17.7. The number of hydrogen-bond acceptors (Lipinski definition) is 5. The number of benzene rings is 1. The fraction of sp³-hybridized carbons (Fsp3) is 0.700. The quantitative estimate of drug-likeness (QED) is 0.270. The molecule has 1 aromatic rings. The molecule has 1 rings (SSSR count). The van der Waals surface area contributed by atoms with Gasteiger partial charge in [-0.25, -0.2) is 0 Å². The molecule has 6 nitrogen and oxygen atoms in total. The lowest BCUT2D eigenvalue weighted by atomic mass is 10.0. The van der Waals surface area contributed by atoms with E-state index < -0.39 is 28.1 Å². The van der Waals surface area contributed by atoms with E-state index >= 15 is 0 Å². The number of ether oxygens (including phenoxy) is 3. The van der Waals surface area contributed by atoms with Crippen molar-refractivity contribution in [2.24, 2.45) is 0 Å². The molecule has 0 amide bonds. The summed E-state index contributed by atoms with van der Waals surface area (Å²) in [5.41, 5.74) is -0.0777. The third kappa shape index (κ3) is 10.7. The average Bonchev–Trinajstić information content (AvgIpc) is 2.58. The van der Waals surface area contributed by atoms with Crippen LogP contribution in [0.1, 0.15) is 71.8 Å². The molecule has 27 heavy (non-hydrogen) atoms. The maximum absolute atomic E-state index is 11.0. The highest BCUT2D eigenvalue weighted by atomic mass is 32.2. The predicted molar refractivity (Wildman–Crippen MR) is 106 cm³/mol. The van der Waals surface area contributed by atoms with E-state index in [-0.39, 0.29) is 0 Å². The molecule has 0 saturated heterocycles. The van der Waals surface area contributed by atoms with Gasteiger partial charge < -0.3 is 14.2 Å². The Labute approximate surface area is 164 Å². The minimum atomic E-state index is -4.26. The second kappa shape index (κ2) is 12.3. The zero-order valence-electron chi connectivity index (χ0n) is 16.9. The summed E-state index contributed by atoms with van der Waals surface area (Å²) in [4.78, 5) is 0. The fourth-order valence-electron chi connectivity index (χ4n) is 2.71. The molecule has 0 spiro atoms. The van der Waals surface area contributed by atoms with Crippen molar-refractivity contribution >= 4 is 10.1 Å². The van der Waals surface area contributed by atoms with Crippen LogP contribution in [0, 0.1) is 0 Å². The Bertz CT molecular complexity index is 614. The SMILES string of the molecule is CCCCCCCCc1ccc(OC(C)OC(C)OC(C)S(=O)(=O)O)cc1. The van der Waals surface area contributed by atoms with E-state index in [1.807, 2.05) is 12.1 Å². The third-order valence-corrected chi connectivity index (χ3v) is 5.18. The summed E-state index contributed by atoms with van der Waals surface area (Å²) in [6.07, 6.45) is 7.29. The van der Waals surface area contributed by atoms with Gasteiger partial charge in [-0.15, -0.1) is 0 Å². The first-order chi connectivity index (χ1) is 12.7. The van der Waals surface area contributed by atoms with Gasteiger partial charge in [-0.2, -0.15) is 8.42 Å². The number of unbranched alkanes of at least 4 members (excludes halogenated alkanes) is 5. The van der Waals surface area contributed by atoms with Gasteiger partial charge in [-0.3, -0.25) is 4.55 Å². The Hall–Kier alpha value is -1.15. The zero-order chi connectivity index (χ0) is 20.3. The minimum Gasteiger partial charge on any atom is -0.465 e. The molecule has 7 heteroatoms. The monoisotopic (exact) mass is 402 g/mol. The van der Waals surface area contributed by atoms with Crippen molar-refractivity contribution in [2.75, 3.05) is 0 Å². The summed E-state index contributed by atoms with van der Waals surface area (Å²) in [6.45, 7) is 6.71. The molecular weight excluding hydrogens is 368 g/mol. The molecule has 0 bridgehead atoms. The van der Waals surface area contributed by atoms with E-state index in [2.05, 4.69) is 19.1 Å². The van der Waals surface area contributed by atoms with Crippen LogP contribution < -0.4 is 4.74 Å². The van der Waals surface area contributed by atoms with E-state index in [0.717, 1.165) is 6.42 Å². The second-order valence-electron chi connectivity index (χ2n) is 6.77. The fourth-order valence-corrected chi connectivity index (χ4v) is 3.00. The molecule has 0 aromatic heterocycles. The average molecular weight is 403 g/mol. The molecule has 156 valence electrons. The van der Waals surface area contributed by atoms with Crippen molar-refractivity contribution < 1.29 is 27.2 Å². The molecular formula is C20H34O6S. The minimum absolute atomic E-state index is 0.627. The lowest BCUT2D eigenvalue weighted by Crippen LogP contribution is -2.30. The van der Waals surface area contributed by atoms with E-state index in [1.165, 1.54) is 51.0 Å². The molecule has 0 aliphatic carbocycles. The van der Waals surface area contributed by atoms with Crippen molar-refractivity contribution in [1.29, 1.82) is 0 Å². The molecule has 1 aromatic carbocycles. The van der Waals surface area contributed by atoms with Crippen LogP contribution in [0.3, 0.4) is 0 Å². The number of rotatable bonds is 14. The third-order valence-electron chi connectivity index (χ3n) is 4.23. The molecule has 0 aliphatic heterocycles. The Kier molecular flexibility index (Phi) is 10.9. The predicted octanol–water partition coefficient (Wildman–Crippen LogP) is 4.93. The summed E-state index contributed by atoms with van der Waals surface area (Å²) >= 11 is 0. The molecule has 3 atom stereocenters. The van der Waals surface area contributed by atoms with Gasteiger partial charge in [0.05, 0.1) is 0 Å². The standard InChI is InChI=1S/C20H34O6S/c1-5-6-7-8-9-10-11-19-12-14-20(15-13-19)26-17(3)24-16(2)25-18(4)27(21,22)23/h12-18H,5-11H2,1-4H3,(H,21,22,23). The van der Waals surface area contributed by atoms with E-state index in [0.29, 0.717) is 5.75 Å². The Balaban J connectivity index is 2.33. The van der Waals surface area contributed by atoms with Gasteiger partial charge in [0.25, 0.3) is 10.1 Å². The molecule has 0 fully saturated rings. The van der Waals surface area contributed by atoms with Gasteiger partial charge >= 0.3 is 0 Å². The Morgan fingerprint density at radius 2 is 1.48 bits per heavy atom. The second-order valence-corrected chi connectivity index (χ2v) is 8.46. The van der Waals surface area contributed by atoms with Gasteiger partial charge in [-0.1, -0.05) is 51.2 Å². The smallest absolute Gasteiger partial charge is 0.292 e. The first-order valence-corrected chi connectivity index (χ1v) is 11.3. The molecule has 3 unspecified atom stereocenters. The van der Waals surface area contributed by atoms with Crippen molar-refractivity contribution in [3.63, 3.8) is 0 Å². The van der Waals surface area contributed by atoms with Crippen LogP contribution in [0.4, 0.5) is 0 Å². The maximum Gasteiger partial charge on any atom is 0.292 e. The molecule has 0 heterocycles. The number of aryl methyl sites for hydroxylation is 1. The summed E-state index contributed by atoms with van der Waals surface area (Å²) < 4.78 is 47.0. The van der Waals surface area contributed by atoms with Crippen molar-refractivity contribution in [3.8, 4) is 5.75 Å². The van der Waals surface area contributed by atoms with E-state index in [1.54, 1.807) is 13.8 Å². The summed E-state index contributed by atoms with van der Waals surface area (Å²) in [7, 11) is -4.26. The Morgan fingerprint density at radius 1 is 0.889 bits per heavy atom. The van der Waals surface area contributed by atoms with Crippen LogP contribution in [0.25, 0.3) is 0 Å². The highest BCUT2D eigenvalue weighted by molar-refractivity contribution is 7.86. The summed E-state index contributed by atoms with van der Waals surface area (Å²) in [5.74, 6) is 0.671. The van der Waals surface area contributed by atoms with Gasteiger partial charge in [0.15, 0.2) is 18.0 Å². The van der Waals surface area contributed by atoms with Crippen LogP contribution in [0.5, 0.6) is 5.75 Å². The maximum atomic E-state index is 11.0. The van der Waals surface area contributed by atoms with Crippen molar-refractivity contribution in [3.05, 3.63) is 29.8 Å².